The van der Waals surface area contributed by atoms with Gasteiger partial charge in [0.15, 0.2) is 5.13 Å². The minimum atomic E-state index is -0.702. The smallest absolute Gasteiger partial charge is 0.257 e. The van der Waals surface area contributed by atoms with E-state index in [2.05, 4.69) is 22.5 Å². The van der Waals surface area contributed by atoms with E-state index in [1.807, 2.05) is 6.92 Å². The lowest BCUT2D eigenvalue weighted by atomic mass is 9.47. The molecule has 1 aliphatic heterocycles. The third-order valence-corrected chi connectivity index (χ3v) is 10.7. The Hall–Kier alpha value is -2.57. The molecule has 224 valence electrons. The van der Waals surface area contributed by atoms with E-state index in [0.717, 1.165) is 49.8 Å². The monoisotopic (exact) mass is 586 g/mol. The van der Waals surface area contributed by atoms with Crippen LogP contribution in [0.5, 0.6) is 5.75 Å². The average molecular weight is 587 g/mol. The van der Waals surface area contributed by atoms with Crippen LogP contribution in [0.4, 0.5) is 5.13 Å². The molecule has 1 saturated heterocycles. The summed E-state index contributed by atoms with van der Waals surface area (Å²) >= 11 is 1.42. The summed E-state index contributed by atoms with van der Waals surface area (Å²) in [6.45, 7) is 8.51. The average Bonchev–Trinajstić information content (AvgIpc) is 3.38. The Labute approximate surface area is 245 Å². The van der Waals surface area contributed by atoms with Crippen molar-refractivity contribution >= 4 is 28.3 Å². The van der Waals surface area contributed by atoms with Crippen LogP contribution in [0.3, 0.4) is 0 Å². The van der Waals surface area contributed by atoms with E-state index < -0.39 is 11.5 Å². The minimum Gasteiger partial charge on any atom is -0.497 e. The second-order valence-corrected chi connectivity index (χ2v) is 13.1. The van der Waals surface area contributed by atoms with Gasteiger partial charge in [-0.2, -0.15) is 0 Å². The highest BCUT2D eigenvalue weighted by atomic mass is 32.1. The number of fused-ring (bicyclic) bond motifs is 2. The highest BCUT2D eigenvalue weighted by molar-refractivity contribution is 7.15. The molecule has 0 spiro atoms. The fourth-order valence-corrected chi connectivity index (χ4v) is 8.11. The summed E-state index contributed by atoms with van der Waals surface area (Å²) in [6.07, 6.45) is 1.55. The number of aliphatic hydroxyl groups excluding tert-OH is 2. The highest BCUT2D eigenvalue weighted by Gasteiger charge is 2.59. The Morgan fingerprint density at radius 2 is 1.95 bits per heavy atom. The number of morpholine rings is 1. The summed E-state index contributed by atoms with van der Waals surface area (Å²) in [6, 6.07) is 6.88. The fourth-order valence-electron chi connectivity index (χ4n) is 7.05. The van der Waals surface area contributed by atoms with Crippen LogP contribution in [0, 0.1) is 16.7 Å². The molecule has 2 fully saturated rings. The zero-order chi connectivity index (χ0) is 29.2. The summed E-state index contributed by atoms with van der Waals surface area (Å²) in [7, 11) is 1.58. The molecule has 11 heteroatoms. The third kappa shape index (κ3) is 6.01. The van der Waals surface area contributed by atoms with Gasteiger partial charge in [0.1, 0.15) is 5.75 Å². The molecular formula is C30H42N4O6S. The molecule has 2 heterocycles. The molecule has 3 aliphatic rings. The van der Waals surface area contributed by atoms with E-state index in [0.29, 0.717) is 35.8 Å². The lowest BCUT2D eigenvalue weighted by molar-refractivity contribution is -0.144. The topological polar surface area (TPSA) is 133 Å². The molecule has 1 aromatic carbocycles. The lowest BCUT2D eigenvalue weighted by Crippen LogP contribution is -2.57. The molecule has 1 saturated carbocycles. The number of methoxy groups -OCH3 is 1. The number of hydrogen-bond donors (Lipinski definition) is 4. The number of hydrogen-bond acceptors (Lipinski definition) is 9. The maximum atomic E-state index is 13.3. The number of carbonyl (C=O) groups excluding carboxylic acids is 2. The van der Waals surface area contributed by atoms with E-state index >= 15 is 0 Å². The molecule has 2 aromatic rings. The number of aromatic nitrogens is 1. The third-order valence-electron chi connectivity index (χ3n) is 9.71. The molecular weight excluding hydrogens is 544 g/mol. The van der Waals surface area contributed by atoms with Gasteiger partial charge < -0.3 is 25.0 Å². The molecule has 10 nitrogen and oxygen atoms in total. The number of amides is 2. The summed E-state index contributed by atoms with van der Waals surface area (Å²) in [5.74, 6) is 0.108. The molecule has 0 radical (unpaired) electrons. The Bertz CT molecular complexity index is 1230. The fraction of sp³-hybridized carbons (Fsp3) is 0.633. The van der Waals surface area contributed by atoms with Gasteiger partial charge in [-0.05, 0) is 54.9 Å². The Morgan fingerprint density at radius 3 is 2.63 bits per heavy atom. The van der Waals surface area contributed by atoms with Crippen LogP contribution in [-0.2, 0) is 16.0 Å². The molecule has 5 atom stereocenters. The van der Waals surface area contributed by atoms with Crippen LogP contribution in [0.1, 0.15) is 60.0 Å². The first-order valence-corrected chi connectivity index (χ1v) is 15.3. The van der Waals surface area contributed by atoms with Crippen LogP contribution in [0.15, 0.2) is 24.3 Å². The van der Waals surface area contributed by atoms with Crippen molar-refractivity contribution in [2.75, 3.05) is 58.4 Å². The number of nitrogens with zero attached hydrogens (tertiary/aromatic N) is 2. The standard InChI is InChI=1S/C30H42N4O6S/c1-29-9-8-24(36)30(2,18-35)23(29)17-22-26(21(29)16-25(37)31-10-11-34-12-14-40-15-13-34)32-28(41-22)33-27(38)19-4-6-20(39-3)7-5-19/h4-7,21,23-24,35-36H,8-18H2,1-3H3,(H,31,37)(H,32,33,38)/t21-,23+,24-,29+,30+/m1/s1. The van der Waals surface area contributed by atoms with Crippen molar-refractivity contribution in [1.82, 2.24) is 15.2 Å². The first-order valence-electron chi connectivity index (χ1n) is 14.5. The van der Waals surface area contributed by atoms with Crippen molar-refractivity contribution in [2.45, 2.75) is 51.6 Å². The van der Waals surface area contributed by atoms with Crippen LogP contribution in [-0.4, -0.2) is 91.1 Å². The Balaban J connectivity index is 1.38. The van der Waals surface area contributed by atoms with Gasteiger partial charge in [0.05, 0.1) is 38.7 Å². The van der Waals surface area contributed by atoms with E-state index in [1.54, 1.807) is 31.4 Å². The van der Waals surface area contributed by atoms with Crippen molar-refractivity contribution in [1.29, 1.82) is 0 Å². The number of anilines is 1. The maximum Gasteiger partial charge on any atom is 0.257 e. The second-order valence-electron chi connectivity index (χ2n) is 12.1. The van der Waals surface area contributed by atoms with E-state index in [-0.39, 0.29) is 42.1 Å². The SMILES string of the molecule is COc1ccc(C(=O)Nc2nc3c(s2)C[C@@H]2[C@](C)(CO)[C@H](O)CC[C@@]2(C)[C@@H]3CC(=O)NCCN2CCOCC2)cc1. The van der Waals surface area contributed by atoms with E-state index in [1.165, 1.54) is 11.3 Å². The summed E-state index contributed by atoms with van der Waals surface area (Å²) in [5.41, 5.74) is 0.286. The number of rotatable bonds is 9. The quantitative estimate of drug-likeness (QED) is 0.353. The van der Waals surface area contributed by atoms with Gasteiger partial charge in [-0.1, -0.05) is 13.8 Å². The molecule has 41 heavy (non-hydrogen) atoms. The Kier molecular flexibility index (Phi) is 9.01. The first kappa shape index (κ1) is 29.9. The molecule has 2 amide bonds. The molecule has 4 N–H and O–H groups in total. The van der Waals surface area contributed by atoms with Gasteiger partial charge in [-0.3, -0.25) is 19.8 Å². The summed E-state index contributed by atoms with van der Waals surface area (Å²) < 4.78 is 10.6. The second kappa shape index (κ2) is 12.3. The zero-order valence-electron chi connectivity index (χ0n) is 24.1. The molecule has 0 unspecified atom stereocenters. The Morgan fingerprint density at radius 1 is 1.22 bits per heavy atom. The van der Waals surface area contributed by atoms with Gasteiger partial charge in [0.2, 0.25) is 5.91 Å². The lowest BCUT2D eigenvalue weighted by Gasteiger charge is -2.58. The van der Waals surface area contributed by atoms with Gasteiger partial charge in [-0.15, -0.1) is 11.3 Å². The van der Waals surface area contributed by atoms with E-state index in [9.17, 15) is 19.8 Å². The van der Waals surface area contributed by atoms with Gasteiger partial charge in [0.25, 0.3) is 5.91 Å². The van der Waals surface area contributed by atoms with Crippen LogP contribution in [0.25, 0.3) is 0 Å². The largest absolute Gasteiger partial charge is 0.497 e. The van der Waals surface area contributed by atoms with Crippen molar-refractivity contribution in [3.05, 3.63) is 40.4 Å². The van der Waals surface area contributed by atoms with Crippen molar-refractivity contribution in [2.24, 2.45) is 16.7 Å². The summed E-state index contributed by atoms with van der Waals surface area (Å²) in [4.78, 5) is 34.5. The van der Waals surface area contributed by atoms with Crippen molar-refractivity contribution < 1.29 is 29.3 Å². The highest BCUT2D eigenvalue weighted by Crippen LogP contribution is 2.62. The van der Waals surface area contributed by atoms with E-state index in [4.69, 9.17) is 14.5 Å². The number of carbonyl (C=O) groups is 2. The van der Waals surface area contributed by atoms with Crippen molar-refractivity contribution in [3.63, 3.8) is 0 Å². The van der Waals surface area contributed by atoms with Gasteiger partial charge in [-0.25, -0.2) is 4.98 Å². The first-order chi connectivity index (χ1) is 19.7. The molecule has 2 aliphatic carbocycles. The van der Waals surface area contributed by atoms with Crippen molar-refractivity contribution in [3.8, 4) is 5.75 Å². The van der Waals surface area contributed by atoms with Crippen LogP contribution >= 0.6 is 11.3 Å². The number of nitrogens with one attached hydrogen (secondary N) is 2. The number of thiazole rings is 1. The predicted molar refractivity (Wildman–Crippen MR) is 156 cm³/mol. The van der Waals surface area contributed by atoms with Crippen LogP contribution < -0.4 is 15.4 Å². The van der Waals surface area contributed by atoms with Gasteiger partial charge >= 0.3 is 0 Å². The normalized spacial score (nSPS) is 29.7. The predicted octanol–water partition coefficient (Wildman–Crippen LogP) is 2.66. The number of aliphatic hydroxyl groups is 2. The van der Waals surface area contributed by atoms with Crippen LogP contribution in [0.2, 0.25) is 0 Å². The zero-order valence-corrected chi connectivity index (χ0v) is 25.0. The number of ether oxygens (including phenoxy) is 2. The molecule has 1 aromatic heterocycles. The molecule has 0 bridgehead atoms. The molecule has 5 rings (SSSR count). The maximum absolute atomic E-state index is 13.3. The number of benzene rings is 1. The van der Waals surface area contributed by atoms with Gasteiger partial charge in [0, 0.05) is 54.4 Å². The minimum absolute atomic E-state index is 0.0373. The summed E-state index contributed by atoms with van der Waals surface area (Å²) in [5, 5.41) is 28.0.